The van der Waals surface area contributed by atoms with Crippen LogP contribution in [0, 0.1) is 6.07 Å². The van der Waals surface area contributed by atoms with Crippen LogP contribution in [0.25, 0.3) is 0 Å². The molecule has 16 heavy (non-hydrogen) atoms. The van der Waals surface area contributed by atoms with E-state index in [2.05, 4.69) is 22.0 Å². The van der Waals surface area contributed by atoms with E-state index in [1.807, 2.05) is 30.3 Å². The van der Waals surface area contributed by atoms with Crippen LogP contribution in [0.4, 0.5) is 0 Å². The monoisotopic (exact) mass is 216 g/mol. The van der Waals surface area contributed by atoms with Gasteiger partial charge in [-0.2, -0.15) is 0 Å². The smallest absolute Gasteiger partial charge is 0.229 e. The minimum Gasteiger partial charge on any atom is -0.359 e. The number of rotatable bonds is 3. The molecule has 1 aromatic rings. The molecule has 1 radical (unpaired) electrons. The van der Waals surface area contributed by atoms with Gasteiger partial charge in [-0.1, -0.05) is 24.3 Å². The Hall–Kier alpha value is -1.81. The Morgan fingerprint density at radius 1 is 1.50 bits per heavy atom. The Morgan fingerprint density at radius 3 is 3.12 bits per heavy atom. The number of carbonyl (C=O) groups is 1. The van der Waals surface area contributed by atoms with Crippen molar-refractivity contribution in [2.45, 2.75) is 6.42 Å². The number of carbonyl (C=O) groups excluding carboxylic acids is 1. The molecule has 1 aliphatic heterocycles. The fraction of sp³-hybridized carbons (Fsp3) is 0.250. The van der Waals surface area contributed by atoms with Gasteiger partial charge in [-0.25, -0.2) is 0 Å². The van der Waals surface area contributed by atoms with Crippen LogP contribution in [0.5, 0.6) is 0 Å². The van der Waals surface area contributed by atoms with Crippen molar-refractivity contribution in [3.8, 4) is 0 Å². The van der Waals surface area contributed by atoms with Gasteiger partial charge in [-0.05, 0) is 17.7 Å². The Bertz CT molecular complexity index is 387. The second-order valence-corrected chi connectivity index (χ2v) is 3.54. The van der Waals surface area contributed by atoms with E-state index in [0.717, 1.165) is 17.9 Å². The lowest BCUT2D eigenvalue weighted by Gasteiger charge is -2.17. The topological polar surface area (TPSA) is 53.2 Å². The van der Waals surface area contributed by atoms with E-state index < -0.39 is 0 Å². The van der Waals surface area contributed by atoms with Crippen molar-refractivity contribution < 1.29 is 4.79 Å². The summed E-state index contributed by atoms with van der Waals surface area (Å²) < 4.78 is 0. The predicted octanol–water partition coefficient (Wildman–Crippen LogP) is 0.137. The van der Waals surface area contributed by atoms with Gasteiger partial charge in [0.1, 0.15) is 5.82 Å². The van der Waals surface area contributed by atoms with Crippen LogP contribution < -0.4 is 16.0 Å². The van der Waals surface area contributed by atoms with Gasteiger partial charge in [0.2, 0.25) is 5.91 Å². The highest BCUT2D eigenvalue weighted by Crippen LogP contribution is 1.99. The van der Waals surface area contributed by atoms with Crippen molar-refractivity contribution in [3.05, 3.63) is 47.8 Å². The third-order valence-electron chi connectivity index (χ3n) is 2.25. The number of hydrogen-bond donors (Lipinski definition) is 3. The summed E-state index contributed by atoms with van der Waals surface area (Å²) in [5.41, 5.74) is 0.898. The SMILES string of the molecule is O=C(Cc1[c]cccc1)NC1=CCNCN1. The van der Waals surface area contributed by atoms with Crippen molar-refractivity contribution in [1.29, 1.82) is 0 Å². The molecule has 1 aromatic carbocycles. The molecule has 0 spiro atoms. The van der Waals surface area contributed by atoms with Crippen LogP contribution in [0.3, 0.4) is 0 Å². The van der Waals surface area contributed by atoms with Crippen molar-refractivity contribution in [1.82, 2.24) is 16.0 Å². The molecule has 83 valence electrons. The molecular weight excluding hydrogens is 202 g/mol. The fourth-order valence-corrected chi connectivity index (χ4v) is 1.48. The van der Waals surface area contributed by atoms with E-state index in [4.69, 9.17) is 0 Å². The van der Waals surface area contributed by atoms with Crippen LogP contribution in [0.2, 0.25) is 0 Å². The third-order valence-corrected chi connectivity index (χ3v) is 2.25. The molecule has 3 N–H and O–H groups in total. The van der Waals surface area contributed by atoms with E-state index in [0.29, 0.717) is 13.1 Å². The molecule has 4 heteroatoms. The first kappa shape index (κ1) is 10.7. The first-order valence-electron chi connectivity index (χ1n) is 5.25. The molecule has 0 saturated heterocycles. The van der Waals surface area contributed by atoms with Crippen molar-refractivity contribution in [3.63, 3.8) is 0 Å². The maximum atomic E-state index is 11.6. The number of hydrogen-bond acceptors (Lipinski definition) is 3. The Labute approximate surface area is 94.7 Å². The van der Waals surface area contributed by atoms with Gasteiger partial charge in [-0.15, -0.1) is 0 Å². The number of amides is 1. The Balaban J connectivity index is 1.87. The molecule has 0 fully saturated rings. The Morgan fingerprint density at radius 2 is 2.44 bits per heavy atom. The summed E-state index contributed by atoms with van der Waals surface area (Å²) in [6.07, 6.45) is 2.27. The van der Waals surface area contributed by atoms with Crippen LogP contribution >= 0.6 is 0 Å². The highest BCUT2D eigenvalue weighted by molar-refractivity contribution is 5.80. The van der Waals surface area contributed by atoms with Gasteiger partial charge in [0, 0.05) is 6.54 Å². The Kier molecular flexibility index (Phi) is 3.56. The van der Waals surface area contributed by atoms with E-state index in [9.17, 15) is 4.79 Å². The molecule has 0 aromatic heterocycles. The van der Waals surface area contributed by atoms with Crippen LogP contribution in [-0.4, -0.2) is 19.1 Å². The minimum absolute atomic E-state index is 0.0249. The predicted molar refractivity (Wildman–Crippen MR) is 61.2 cm³/mol. The van der Waals surface area contributed by atoms with Gasteiger partial charge >= 0.3 is 0 Å². The lowest BCUT2D eigenvalue weighted by atomic mass is 10.1. The van der Waals surface area contributed by atoms with Crippen molar-refractivity contribution >= 4 is 5.91 Å². The summed E-state index contributed by atoms with van der Waals surface area (Å²) in [7, 11) is 0. The van der Waals surface area contributed by atoms with Gasteiger partial charge in [-0.3, -0.25) is 10.1 Å². The summed E-state index contributed by atoms with van der Waals surface area (Å²) in [6.45, 7) is 1.46. The highest BCUT2D eigenvalue weighted by Gasteiger charge is 2.07. The molecule has 0 unspecified atom stereocenters. The van der Waals surface area contributed by atoms with Crippen LogP contribution in [0.15, 0.2) is 36.2 Å². The zero-order chi connectivity index (χ0) is 11.2. The number of benzene rings is 1. The van der Waals surface area contributed by atoms with E-state index in [1.54, 1.807) is 0 Å². The maximum absolute atomic E-state index is 11.6. The van der Waals surface area contributed by atoms with Crippen molar-refractivity contribution in [2.75, 3.05) is 13.2 Å². The average Bonchev–Trinajstić information content (AvgIpc) is 2.31. The molecule has 4 nitrogen and oxygen atoms in total. The molecular formula is C12H14N3O. The second kappa shape index (κ2) is 5.32. The standard InChI is InChI=1S/C12H14N3O/c16-12(8-10-4-2-1-3-5-10)15-11-6-7-13-9-14-11/h1-4,6,13-14H,7-9H2,(H,15,16). The molecule has 2 rings (SSSR count). The molecule has 0 saturated carbocycles. The maximum Gasteiger partial charge on any atom is 0.229 e. The summed E-state index contributed by atoms with van der Waals surface area (Å²) >= 11 is 0. The quantitative estimate of drug-likeness (QED) is 0.673. The van der Waals surface area contributed by atoms with E-state index in [1.165, 1.54) is 0 Å². The van der Waals surface area contributed by atoms with E-state index in [-0.39, 0.29) is 5.91 Å². The van der Waals surface area contributed by atoms with Gasteiger partial charge < -0.3 is 10.6 Å². The van der Waals surface area contributed by atoms with Crippen LogP contribution in [0.1, 0.15) is 5.56 Å². The third kappa shape index (κ3) is 3.10. The second-order valence-electron chi connectivity index (χ2n) is 3.54. The van der Waals surface area contributed by atoms with Gasteiger partial charge in [0.25, 0.3) is 0 Å². The summed E-state index contributed by atoms with van der Waals surface area (Å²) in [5.74, 6) is 0.753. The molecule has 1 heterocycles. The molecule has 0 atom stereocenters. The molecule has 1 aliphatic rings. The largest absolute Gasteiger partial charge is 0.359 e. The summed E-state index contributed by atoms with van der Waals surface area (Å²) in [5, 5.41) is 8.95. The summed E-state index contributed by atoms with van der Waals surface area (Å²) in [4.78, 5) is 11.6. The lowest BCUT2D eigenvalue weighted by molar-refractivity contribution is -0.119. The zero-order valence-corrected chi connectivity index (χ0v) is 8.92. The molecule has 1 amide bonds. The fourth-order valence-electron chi connectivity index (χ4n) is 1.48. The first-order chi connectivity index (χ1) is 7.84. The average molecular weight is 216 g/mol. The molecule has 0 bridgehead atoms. The number of nitrogens with one attached hydrogen (secondary N) is 3. The normalized spacial score (nSPS) is 14.9. The summed E-state index contributed by atoms with van der Waals surface area (Å²) in [6, 6.07) is 10.5. The lowest BCUT2D eigenvalue weighted by Crippen LogP contribution is -2.41. The van der Waals surface area contributed by atoms with Crippen LogP contribution in [-0.2, 0) is 11.2 Å². The first-order valence-corrected chi connectivity index (χ1v) is 5.25. The van der Waals surface area contributed by atoms with E-state index >= 15 is 0 Å². The van der Waals surface area contributed by atoms with Crippen molar-refractivity contribution in [2.24, 2.45) is 0 Å². The minimum atomic E-state index is -0.0249. The zero-order valence-electron chi connectivity index (χ0n) is 8.92. The highest BCUT2D eigenvalue weighted by atomic mass is 16.1. The van der Waals surface area contributed by atoms with Gasteiger partial charge in [0.05, 0.1) is 13.1 Å². The van der Waals surface area contributed by atoms with Gasteiger partial charge in [0.15, 0.2) is 0 Å². The molecule has 0 aliphatic carbocycles.